The molecular formula is C14H28O4Si. The van der Waals surface area contributed by atoms with Crippen molar-refractivity contribution < 1.29 is 18.3 Å². The van der Waals surface area contributed by atoms with E-state index in [-0.39, 0.29) is 5.60 Å². The molecule has 3 atom stereocenters. The van der Waals surface area contributed by atoms with E-state index >= 15 is 0 Å². The number of ether oxygens (including phenoxy) is 2. The van der Waals surface area contributed by atoms with Gasteiger partial charge in [0.05, 0.1) is 0 Å². The average molecular weight is 288 g/mol. The maximum atomic E-state index is 6.30. The van der Waals surface area contributed by atoms with Gasteiger partial charge in [0.1, 0.15) is 5.60 Å². The van der Waals surface area contributed by atoms with Gasteiger partial charge in [-0.2, -0.15) is 0 Å². The van der Waals surface area contributed by atoms with E-state index in [1.54, 1.807) is 21.3 Å². The van der Waals surface area contributed by atoms with Gasteiger partial charge in [-0.15, -0.1) is 0 Å². The minimum atomic E-state index is -2.44. The molecule has 0 spiro atoms. The molecule has 0 N–H and O–H groups in total. The first-order valence-electron chi connectivity index (χ1n) is 7.47. The minimum Gasteiger partial charge on any atom is -0.394 e. The van der Waals surface area contributed by atoms with Crippen molar-refractivity contribution in [1.82, 2.24) is 0 Å². The van der Waals surface area contributed by atoms with Gasteiger partial charge >= 0.3 is 8.56 Å². The number of rotatable bonds is 7. The summed E-state index contributed by atoms with van der Waals surface area (Å²) in [4.78, 5) is 0. The molecular weight excluding hydrogens is 260 g/mol. The van der Waals surface area contributed by atoms with Gasteiger partial charge in [-0.3, -0.25) is 0 Å². The molecule has 19 heavy (non-hydrogen) atoms. The molecule has 2 fully saturated rings. The lowest BCUT2D eigenvalue weighted by Gasteiger charge is -2.41. The first kappa shape index (κ1) is 15.4. The topological polar surface area (TPSA) is 40.2 Å². The largest absolute Gasteiger partial charge is 0.403 e. The Labute approximate surface area is 118 Å². The maximum Gasteiger partial charge on any atom is 0.403 e. The fraction of sp³-hybridized carbons (Fsp3) is 1.00. The zero-order valence-electron chi connectivity index (χ0n) is 13.0. The van der Waals surface area contributed by atoms with E-state index < -0.39 is 14.0 Å². The van der Waals surface area contributed by atoms with Crippen LogP contribution in [0, 0.1) is 5.92 Å². The van der Waals surface area contributed by atoms with Crippen LogP contribution in [-0.2, 0) is 18.3 Å². The van der Waals surface area contributed by atoms with Gasteiger partial charge in [0, 0.05) is 21.3 Å². The standard InChI is InChI=1S/C14H28O4Si/c1-6-8-12-9-11-19(16-4,17-5)14(15-3)13(12,18-14)10-7-2/h12H,6-11H2,1-5H3. The molecule has 3 unspecified atom stereocenters. The second kappa shape index (κ2) is 5.45. The first-order chi connectivity index (χ1) is 9.12. The Morgan fingerprint density at radius 3 is 2.32 bits per heavy atom. The minimum absolute atomic E-state index is 0.164. The van der Waals surface area contributed by atoms with Crippen molar-refractivity contribution in [2.45, 2.75) is 63.0 Å². The average Bonchev–Trinajstić information content (AvgIpc) is 3.11. The predicted octanol–water partition coefficient (Wildman–Crippen LogP) is 2.99. The molecule has 0 amide bonds. The summed E-state index contributed by atoms with van der Waals surface area (Å²) in [5.74, 6) is 0.573. The zero-order chi connectivity index (χ0) is 14.1. The molecule has 0 aromatic rings. The lowest BCUT2D eigenvalue weighted by molar-refractivity contribution is 0.00143. The third kappa shape index (κ3) is 1.86. The Morgan fingerprint density at radius 2 is 1.84 bits per heavy atom. The van der Waals surface area contributed by atoms with E-state index in [0.29, 0.717) is 5.92 Å². The molecule has 0 aromatic heterocycles. The summed E-state index contributed by atoms with van der Waals surface area (Å²) in [7, 11) is 2.80. The Bertz CT molecular complexity index is 321. The van der Waals surface area contributed by atoms with E-state index in [1.165, 1.54) is 12.8 Å². The van der Waals surface area contributed by atoms with Crippen LogP contribution < -0.4 is 0 Å². The van der Waals surface area contributed by atoms with Crippen LogP contribution in [0.25, 0.3) is 0 Å². The molecule has 0 aliphatic carbocycles. The highest BCUT2D eigenvalue weighted by Crippen LogP contribution is 2.66. The van der Waals surface area contributed by atoms with E-state index in [9.17, 15) is 0 Å². The monoisotopic (exact) mass is 288 g/mol. The van der Waals surface area contributed by atoms with Crippen LogP contribution in [0.5, 0.6) is 0 Å². The fourth-order valence-corrected chi connectivity index (χ4v) is 7.98. The highest BCUT2D eigenvalue weighted by atomic mass is 28.4. The van der Waals surface area contributed by atoms with E-state index in [0.717, 1.165) is 25.3 Å². The smallest absolute Gasteiger partial charge is 0.394 e. The number of epoxide rings is 1. The molecule has 4 nitrogen and oxygen atoms in total. The zero-order valence-corrected chi connectivity index (χ0v) is 14.0. The molecule has 0 radical (unpaired) electrons. The van der Waals surface area contributed by atoms with E-state index in [2.05, 4.69) is 13.8 Å². The lowest BCUT2D eigenvalue weighted by atomic mass is 9.82. The molecule has 2 rings (SSSR count). The van der Waals surface area contributed by atoms with Crippen LogP contribution in [0.3, 0.4) is 0 Å². The number of methoxy groups -OCH3 is 1. The van der Waals surface area contributed by atoms with Gasteiger partial charge in [-0.05, 0) is 31.2 Å². The third-order valence-electron chi connectivity index (χ3n) is 5.03. The number of hydrogen-bond acceptors (Lipinski definition) is 4. The summed E-state index contributed by atoms with van der Waals surface area (Å²) in [6, 6.07) is 0.962. The molecule has 2 aliphatic rings. The summed E-state index contributed by atoms with van der Waals surface area (Å²) in [5.41, 5.74) is -0.749. The third-order valence-corrected chi connectivity index (χ3v) is 9.03. The highest BCUT2D eigenvalue weighted by molar-refractivity contribution is 6.71. The van der Waals surface area contributed by atoms with Gasteiger partial charge in [-0.25, -0.2) is 0 Å². The lowest BCUT2D eigenvalue weighted by Crippen LogP contribution is -2.63. The SMILES string of the molecule is CCCC1CC[Si](OC)(OC)C2(OC)OC12CCC. The predicted molar refractivity (Wildman–Crippen MR) is 76.1 cm³/mol. The summed E-state index contributed by atoms with van der Waals surface area (Å²) >= 11 is 0. The number of fused-ring (bicyclic) bond motifs is 1. The molecule has 0 bridgehead atoms. The van der Waals surface area contributed by atoms with Crippen LogP contribution in [0.4, 0.5) is 0 Å². The summed E-state index contributed by atoms with van der Waals surface area (Å²) < 4.78 is 23.8. The van der Waals surface area contributed by atoms with Crippen LogP contribution >= 0.6 is 0 Å². The first-order valence-corrected chi connectivity index (χ1v) is 9.50. The Kier molecular flexibility index (Phi) is 4.43. The molecule has 112 valence electrons. The van der Waals surface area contributed by atoms with Crippen LogP contribution in [0.15, 0.2) is 0 Å². The molecule has 5 heteroatoms. The molecule has 0 saturated carbocycles. The molecule has 0 aromatic carbocycles. The highest BCUT2D eigenvalue weighted by Gasteiger charge is 2.86. The maximum absolute atomic E-state index is 6.30. The van der Waals surface area contributed by atoms with Crippen LogP contribution in [0.2, 0.25) is 6.04 Å². The second-order valence-corrected chi connectivity index (χ2v) is 9.23. The molecule has 2 heterocycles. The van der Waals surface area contributed by atoms with Crippen molar-refractivity contribution in [3.05, 3.63) is 0 Å². The summed E-state index contributed by atoms with van der Waals surface area (Å²) in [5, 5.41) is 0. The normalized spacial score (nSPS) is 39.9. The van der Waals surface area contributed by atoms with Crippen LogP contribution in [-0.4, -0.2) is 40.9 Å². The van der Waals surface area contributed by atoms with Crippen molar-refractivity contribution in [3.63, 3.8) is 0 Å². The second-order valence-electron chi connectivity index (χ2n) is 5.75. The molecule has 2 aliphatic heterocycles. The van der Waals surface area contributed by atoms with Gasteiger partial charge in [-0.1, -0.05) is 26.7 Å². The Hall–Kier alpha value is 0.0569. The fourth-order valence-electron chi connectivity index (χ4n) is 4.19. The van der Waals surface area contributed by atoms with Gasteiger partial charge in [0.15, 0.2) is 0 Å². The van der Waals surface area contributed by atoms with Crippen molar-refractivity contribution in [1.29, 1.82) is 0 Å². The van der Waals surface area contributed by atoms with Crippen molar-refractivity contribution in [2.75, 3.05) is 21.3 Å². The van der Waals surface area contributed by atoms with Crippen molar-refractivity contribution in [3.8, 4) is 0 Å². The van der Waals surface area contributed by atoms with Gasteiger partial charge < -0.3 is 18.3 Å². The van der Waals surface area contributed by atoms with Crippen LogP contribution in [0.1, 0.15) is 46.0 Å². The van der Waals surface area contributed by atoms with E-state index in [4.69, 9.17) is 18.3 Å². The van der Waals surface area contributed by atoms with E-state index in [1.807, 2.05) is 0 Å². The van der Waals surface area contributed by atoms with Crippen molar-refractivity contribution in [2.24, 2.45) is 5.92 Å². The quantitative estimate of drug-likeness (QED) is 0.533. The van der Waals surface area contributed by atoms with Gasteiger partial charge in [0.2, 0.25) is 5.41 Å². The molecule has 2 saturated heterocycles. The Balaban J connectivity index is 2.35. The number of hydrogen-bond donors (Lipinski definition) is 0. The van der Waals surface area contributed by atoms with Crippen molar-refractivity contribution >= 4 is 8.56 Å². The Morgan fingerprint density at radius 1 is 1.16 bits per heavy atom. The summed E-state index contributed by atoms with van der Waals surface area (Å²) in [6.45, 7) is 4.44. The summed E-state index contributed by atoms with van der Waals surface area (Å²) in [6.07, 6.45) is 5.65. The van der Waals surface area contributed by atoms with Gasteiger partial charge in [0.25, 0.3) is 0 Å².